The van der Waals surface area contributed by atoms with Crippen molar-refractivity contribution in [1.29, 1.82) is 0 Å². The average Bonchev–Trinajstić information content (AvgIpc) is 2.80. The molecule has 16 heavy (non-hydrogen) atoms. The standard InChI is InChI=1S/C13H22O3/c1-4-15-7-16-13(14)12-6-10-5-11(12)9(3)8(10)2/h8-12H,4-7H2,1-3H3. The van der Waals surface area contributed by atoms with Gasteiger partial charge in [0.2, 0.25) is 0 Å². The first kappa shape index (κ1) is 11.9. The van der Waals surface area contributed by atoms with Crippen molar-refractivity contribution in [1.82, 2.24) is 0 Å². The summed E-state index contributed by atoms with van der Waals surface area (Å²) in [5.41, 5.74) is 0. The summed E-state index contributed by atoms with van der Waals surface area (Å²) in [6, 6.07) is 0. The first-order chi connectivity index (χ1) is 7.65. The highest BCUT2D eigenvalue weighted by Gasteiger charge is 2.51. The molecule has 3 nitrogen and oxygen atoms in total. The fourth-order valence-corrected chi connectivity index (χ4v) is 3.50. The van der Waals surface area contributed by atoms with Crippen LogP contribution < -0.4 is 0 Å². The van der Waals surface area contributed by atoms with E-state index >= 15 is 0 Å². The van der Waals surface area contributed by atoms with Gasteiger partial charge in [0.15, 0.2) is 6.79 Å². The van der Waals surface area contributed by atoms with E-state index in [0.29, 0.717) is 18.4 Å². The highest BCUT2D eigenvalue weighted by atomic mass is 16.7. The molecule has 2 aliphatic carbocycles. The smallest absolute Gasteiger partial charge is 0.311 e. The Morgan fingerprint density at radius 1 is 1.25 bits per heavy atom. The lowest BCUT2D eigenvalue weighted by atomic mass is 9.76. The first-order valence-electron chi connectivity index (χ1n) is 6.39. The van der Waals surface area contributed by atoms with Crippen molar-refractivity contribution >= 4 is 5.97 Å². The molecule has 2 fully saturated rings. The number of esters is 1. The van der Waals surface area contributed by atoms with Gasteiger partial charge in [-0.15, -0.1) is 0 Å². The topological polar surface area (TPSA) is 35.5 Å². The zero-order chi connectivity index (χ0) is 11.7. The summed E-state index contributed by atoms with van der Waals surface area (Å²) in [7, 11) is 0. The van der Waals surface area contributed by atoms with E-state index in [-0.39, 0.29) is 18.7 Å². The van der Waals surface area contributed by atoms with E-state index in [0.717, 1.165) is 18.3 Å². The molecule has 0 amide bonds. The summed E-state index contributed by atoms with van der Waals surface area (Å²) in [6.07, 6.45) is 2.25. The monoisotopic (exact) mass is 226 g/mol. The molecule has 2 rings (SSSR count). The summed E-state index contributed by atoms with van der Waals surface area (Å²) in [5.74, 6) is 2.83. The molecule has 0 aliphatic heterocycles. The number of hydrogen-bond acceptors (Lipinski definition) is 3. The van der Waals surface area contributed by atoms with Crippen LogP contribution in [-0.2, 0) is 14.3 Å². The minimum Gasteiger partial charge on any atom is -0.438 e. The van der Waals surface area contributed by atoms with Crippen LogP contribution in [0.2, 0.25) is 0 Å². The van der Waals surface area contributed by atoms with E-state index in [1.165, 1.54) is 6.42 Å². The molecule has 2 bridgehead atoms. The maximum Gasteiger partial charge on any atom is 0.311 e. The Labute approximate surface area is 97.5 Å². The summed E-state index contributed by atoms with van der Waals surface area (Å²) >= 11 is 0. The Hall–Kier alpha value is -0.570. The molecule has 0 aromatic heterocycles. The second kappa shape index (κ2) is 4.74. The number of carbonyl (C=O) groups excluding carboxylic acids is 1. The van der Waals surface area contributed by atoms with Crippen molar-refractivity contribution < 1.29 is 14.3 Å². The molecule has 5 unspecified atom stereocenters. The van der Waals surface area contributed by atoms with Crippen LogP contribution in [0.4, 0.5) is 0 Å². The molecular weight excluding hydrogens is 204 g/mol. The van der Waals surface area contributed by atoms with Gasteiger partial charge in [-0.05, 0) is 43.4 Å². The van der Waals surface area contributed by atoms with Crippen LogP contribution in [-0.4, -0.2) is 19.4 Å². The van der Waals surface area contributed by atoms with Gasteiger partial charge in [0, 0.05) is 6.61 Å². The van der Waals surface area contributed by atoms with Gasteiger partial charge in [0.25, 0.3) is 0 Å². The van der Waals surface area contributed by atoms with Crippen LogP contribution in [0.1, 0.15) is 33.6 Å². The molecule has 92 valence electrons. The Balaban J connectivity index is 1.86. The Morgan fingerprint density at radius 3 is 2.56 bits per heavy atom. The second-order valence-corrected chi connectivity index (χ2v) is 5.29. The lowest BCUT2D eigenvalue weighted by Gasteiger charge is -2.30. The molecule has 5 atom stereocenters. The molecule has 0 radical (unpaired) electrons. The fraction of sp³-hybridized carbons (Fsp3) is 0.923. The van der Waals surface area contributed by atoms with Gasteiger partial charge in [0.05, 0.1) is 5.92 Å². The summed E-state index contributed by atoms with van der Waals surface area (Å²) in [4.78, 5) is 11.9. The largest absolute Gasteiger partial charge is 0.438 e. The summed E-state index contributed by atoms with van der Waals surface area (Å²) in [5, 5.41) is 0. The van der Waals surface area contributed by atoms with Gasteiger partial charge < -0.3 is 9.47 Å². The second-order valence-electron chi connectivity index (χ2n) is 5.29. The Bertz CT molecular complexity index is 262. The van der Waals surface area contributed by atoms with E-state index in [9.17, 15) is 4.79 Å². The molecule has 0 N–H and O–H groups in total. The molecule has 0 spiro atoms. The van der Waals surface area contributed by atoms with E-state index < -0.39 is 0 Å². The maximum absolute atomic E-state index is 11.9. The third-order valence-electron chi connectivity index (χ3n) is 4.69. The SMILES string of the molecule is CCOCOC(=O)C1CC2CC1C(C)C2C. The van der Waals surface area contributed by atoms with Crippen molar-refractivity contribution in [3.05, 3.63) is 0 Å². The van der Waals surface area contributed by atoms with Crippen LogP contribution in [0, 0.1) is 29.6 Å². The minimum absolute atomic E-state index is 0.0419. The molecule has 2 aliphatic rings. The molecule has 0 aromatic carbocycles. The van der Waals surface area contributed by atoms with Gasteiger partial charge in [-0.3, -0.25) is 4.79 Å². The Kier molecular flexibility index (Phi) is 3.53. The van der Waals surface area contributed by atoms with E-state index in [4.69, 9.17) is 9.47 Å². The number of hydrogen-bond donors (Lipinski definition) is 0. The Morgan fingerprint density at radius 2 is 2.00 bits per heavy atom. The van der Waals surface area contributed by atoms with Gasteiger partial charge >= 0.3 is 5.97 Å². The highest BCUT2D eigenvalue weighted by molar-refractivity contribution is 5.73. The highest BCUT2D eigenvalue weighted by Crippen LogP contribution is 2.55. The molecule has 0 heterocycles. The molecule has 3 heteroatoms. The van der Waals surface area contributed by atoms with Crippen LogP contribution >= 0.6 is 0 Å². The van der Waals surface area contributed by atoms with Gasteiger partial charge in [-0.2, -0.15) is 0 Å². The van der Waals surface area contributed by atoms with Crippen LogP contribution in [0.3, 0.4) is 0 Å². The van der Waals surface area contributed by atoms with E-state index in [1.54, 1.807) is 0 Å². The lowest BCUT2D eigenvalue weighted by Crippen LogP contribution is -2.31. The summed E-state index contributed by atoms with van der Waals surface area (Å²) < 4.78 is 10.2. The van der Waals surface area contributed by atoms with Crippen molar-refractivity contribution in [2.75, 3.05) is 13.4 Å². The number of ether oxygens (including phenoxy) is 2. The third-order valence-corrected chi connectivity index (χ3v) is 4.69. The van der Waals surface area contributed by atoms with Crippen molar-refractivity contribution in [3.63, 3.8) is 0 Å². The quantitative estimate of drug-likeness (QED) is 0.419. The number of rotatable bonds is 4. The molecule has 0 saturated heterocycles. The predicted molar refractivity (Wildman–Crippen MR) is 60.6 cm³/mol. The average molecular weight is 226 g/mol. The van der Waals surface area contributed by atoms with Gasteiger partial charge in [-0.25, -0.2) is 0 Å². The number of fused-ring (bicyclic) bond motifs is 2. The van der Waals surface area contributed by atoms with Crippen molar-refractivity contribution in [2.24, 2.45) is 29.6 Å². The van der Waals surface area contributed by atoms with E-state index in [1.807, 2.05) is 6.92 Å². The molecular formula is C13H22O3. The summed E-state index contributed by atoms with van der Waals surface area (Å²) in [6.45, 7) is 7.20. The minimum atomic E-state index is -0.0419. The van der Waals surface area contributed by atoms with Crippen LogP contribution in [0.5, 0.6) is 0 Å². The van der Waals surface area contributed by atoms with Gasteiger partial charge in [-0.1, -0.05) is 13.8 Å². The first-order valence-corrected chi connectivity index (χ1v) is 6.39. The zero-order valence-corrected chi connectivity index (χ0v) is 10.4. The van der Waals surface area contributed by atoms with Crippen molar-refractivity contribution in [2.45, 2.75) is 33.6 Å². The van der Waals surface area contributed by atoms with Crippen molar-refractivity contribution in [3.8, 4) is 0 Å². The van der Waals surface area contributed by atoms with Crippen LogP contribution in [0.15, 0.2) is 0 Å². The van der Waals surface area contributed by atoms with Gasteiger partial charge in [0.1, 0.15) is 0 Å². The fourth-order valence-electron chi connectivity index (χ4n) is 3.50. The normalized spacial score (nSPS) is 41.3. The molecule has 2 saturated carbocycles. The van der Waals surface area contributed by atoms with E-state index in [2.05, 4.69) is 13.8 Å². The zero-order valence-electron chi connectivity index (χ0n) is 10.4. The number of carbonyl (C=O) groups is 1. The maximum atomic E-state index is 11.9. The third kappa shape index (κ3) is 1.97. The van der Waals surface area contributed by atoms with Crippen LogP contribution in [0.25, 0.3) is 0 Å². The molecule has 0 aromatic rings. The lowest BCUT2D eigenvalue weighted by molar-refractivity contribution is -0.163. The predicted octanol–water partition coefficient (Wildman–Crippen LogP) is 2.45.